The van der Waals surface area contributed by atoms with Gasteiger partial charge in [-0.25, -0.2) is 0 Å². The number of thiocarbonyl (C=S) groups is 1. The Morgan fingerprint density at radius 1 is 1.15 bits per heavy atom. The van der Waals surface area contributed by atoms with Crippen LogP contribution in [-0.4, -0.2) is 21.5 Å². The van der Waals surface area contributed by atoms with Crippen molar-refractivity contribution in [2.24, 2.45) is 0 Å². The Balaban J connectivity index is 1.71. The lowest BCUT2D eigenvalue weighted by molar-refractivity contribution is 0.275. The SMILES string of the molecule is CCCN1C(=S)N[C@@H](c2ccccn2)[C@@H]1c1ccc(-c2ccc(Cl)cc2)o1. The van der Waals surface area contributed by atoms with E-state index in [1.165, 1.54) is 0 Å². The third kappa shape index (κ3) is 3.57. The molecule has 1 N–H and O–H groups in total. The quantitative estimate of drug-likeness (QED) is 0.585. The average Bonchev–Trinajstić information content (AvgIpc) is 3.29. The molecule has 2 atom stereocenters. The van der Waals surface area contributed by atoms with E-state index in [1.54, 1.807) is 6.20 Å². The topological polar surface area (TPSA) is 41.3 Å². The van der Waals surface area contributed by atoms with Crippen molar-refractivity contribution >= 4 is 28.9 Å². The van der Waals surface area contributed by atoms with E-state index in [1.807, 2.05) is 54.6 Å². The monoisotopic (exact) mass is 397 g/mol. The first kappa shape index (κ1) is 18.0. The predicted molar refractivity (Wildman–Crippen MR) is 112 cm³/mol. The van der Waals surface area contributed by atoms with Crippen LogP contribution < -0.4 is 5.32 Å². The summed E-state index contributed by atoms with van der Waals surface area (Å²) in [6.45, 7) is 3.01. The van der Waals surface area contributed by atoms with Crippen LogP contribution >= 0.6 is 23.8 Å². The van der Waals surface area contributed by atoms with E-state index < -0.39 is 0 Å². The van der Waals surface area contributed by atoms with Crippen molar-refractivity contribution < 1.29 is 4.42 Å². The lowest BCUT2D eigenvalue weighted by Gasteiger charge is -2.25. The largest absolute Gasteiger partial charge is 0.459 e. The molecule has 1 fully saturated rings. The van der Waals surface area contributed by atoms with Crippen LogP contribution in [0.1, 0.15) is 36.9 Å². The number of pyridine rings is 1. The molecule has 2 aromatic heterocycles. The number of nitrogens with zero attached hydrogens (tertiary/aromatic N) is 2. The first-order valence-electron chi connectivity index (χ1n) is 9.01. The first-order chi connectivity index (χ1) is 13.2. The fourth-order valence-corrected chi connectivity index (χ4v) is 3.94. The van der Waals surface area contributed by atoms with Gasteiger partial charge in [0.25, 0.3) is 0 Å². The fraction of sp³-hybridized carbons (Fsp3) is 0.238. The van der Waals surface area contributed by atoms with Crippen molar-refractivity contribution in [1.82, 2.24) is 15.2 Å². The minimum atomic E-state index is -0.0468. The highest BCUT2D eigenvalue weighted by Crippen LogP contribution is 2.40. The Hall–Kier alpha value is -2.37. The van der Waals surface area contributed by atoms with Crippen LogP contribution in [0.4, 0.5) is 0 Å². The van der Waals surface area contributed by atoms with E-state index in [-0.39, 0.29) is 12.1 Å². The molecule has 27 heavy (non-hydrogen) atoms. The molecule has 1 aliphatic heterocycles. The number of halogens is 1. The van der Waals surface area contributed by atoms with Gasteiger partial charge in [-0.15, -0.1) is 0 Å². The molecule has 0 aliphatic carbocycles. The standard InChI is InChI=1S/C21H20ClN3OS/c1-2-13-25-20(19(24-21(25)27)16-5-3-4-12-23-16)18-11-10-17(26-18)14-6-8-15(22)9-7-14/h3-12,19-20H,2,13H2,1H3,(H,24,27)/t19-,20-/m0/s1. The summed E-state index contributed by atoms with van der Waals surface area (Å²) in [5.74, 6) is 1.69. The van der Waals surface area contributed by atoms with Gasteiger partial charge in [0.1, 0.15) is 17.6 Å². The van der Waals surface area contributed by atoms with Crippen molar-refractivity contribution in [2.45, 2.75) is 25.4 Å². The fourth-order valence-electron chi connectivity index (χ4n) is 3.48. The molecule has 3 aromatic rings. The molecule has 1 saturated heterocycles. The molecular formula is C21H20ClN3OS. The first-order valence-corrected chi connectivity index (χ1v) is 9.79. The number of hydrogen-bond donors (Lipinski definition) is 1. The number of rotatable bonds is 5. The van der Waals surface area contributed by atoms with Crippen LogP contribution in [0.3, 0.4) is 0 Å². The zero-order valence-corrected chi connectivity index (χ0v) is 16.5. The van der Waals surface area contributed by atoms with Gasteiger partial charge in [0, 0.05) is 23.3 Å². The van der Waals surface area contributed by atoms with Gasteiger partial charge in [-0.1, -0.05) is 24.6 Å². The number of furan rings is 1. The van der Waals surface area contributed by atoms with E-state index in [4.69, 9.17) is 28.2 Å². The van der Waals surface area contributed by atoms with Crippen LogP contribution in [0, 0.1) is 0 Å². The van der Waals surface area contributed by atoms with Crippen molar-refractivity contribution in [2.75, 3.05) is 6.54 Å². The summed E-state index contributed by atoms with van der Waals surface area (Å²) in [5.41, 5.74) is 1.95. The summed E-state index contributed by atoms with van der Waals surface area (Å²) in [7, 11) is 0. The predicted octanol–water partition coefficient (Wildman–Crippen LogP) is 5.38. The highest BCUT2D eigenvalue weighted by atomic mass is 35.5. The van der Waals surface area contributed by atoms with E-state index in [0.29, 0.717) is 5.02 Å². The maximum atomic E-state index is 6.26. The summed E-state index contributed by atoms with van der Waals surface area (Å²) in [6, 6.07) is 17.5. The number of nitrogens with one attached hydrogen (secondary N) is 1. The van der Waals surface area contributed by atoms with Crippen LogP contribution in [0.25, 0.3) is 11.3 Å². The van der Waals surface area contributed by atoms with Gasteiger partial charge in [0.05, 0.1) is 11.7 Å². The molecule has 0 spiro atoms. The molecular weight excluding hydrogens is 378 g/mol. The highest BCUT2D eigenvalue weighted by molar-refractivity contribution is 7.80. The normalized spacial score (nSPS) is 19.3. The maximum absolute atomic E-state index is 6.26. The molecule has 6 heteroatoms. The molecule has 1 aliphatic rings. The number of aromatic nitrogens is 1. The number of benzene rings is 1. The van der Waals surface area contributed by atoms with Crippen LogP contribution in [0.15, 0.2) is 65.2 Å². The second-order valence-electron chi connectivity index (χ2n) is 6.53. The number of hydrogen-bond acceptors (Lipinski definition) is 3. The Kier molecular flexibility index (Phi) is 5.14. The molecule has 3 heterocycles. The molecule has 138 valence electrons. The molecule has 0 unspecified atom stereocenters. The molecule has 0 saturated carbocycles. The van der Waals surface area contributed by atoms with Gasteiger partial charge in [-0.2, -0.15) is 0 Å². The average molecular weight is 398 g/mol. The van der Waals surface area contributed by atoms with Crippen molar-refractivity contribution in [3.8, 4) is 11.3 Å². The third-order valence-electron chi connectivity index (χ3n) is 4.71. The molecule has 4 rings (SSSR count). The Morgan fingerprint density at radius 3 is 2.67 bits per heavy atom. The van der Waals surface area contributed by atoms with Gasteiger partial charge in [0.15, 0.2) is 5.11 Å². The van der Waals surface area contributed by atoms with Crippen LogP contribution in [0.2, 0.25) is 5.02 Å². The van der Waals surface area contributed by atoms with Gasteiger partial charge in [-0.3, -0.25) is 4.98 Å². The molecule has 0 amide bonds. The Morgan fingerprint density at radius 2 is 1.96 bits per heavy atom. The van der Waals surface area contributed by atoms with Gasteiger partial charge >= 0.3 is 0 Å². The van der Waals surface area contributed by atoms with E-state index in [2.05, 4.69) is 22.1 Å². The van der Waals surface area contributed by atoms with Crippen molar-refractivity contribution in [3.63, 3.8) is 0 Å². The van der Waals surface area contributed by atoms with Crippen LogP contribution in [0.5, 0.6) is 0 Å². The van der Waals surface area contributed by atoms with Crippen LogP contribution in [-0.2, 0) is 0 Å². The minimum absolute atomic E-state index is 0.0339. The van der Waals surface area contributed by atoms with Crippen molar-refractivity contribution in [1.29, 1.82) is 0 Å². The summed E-state index contributed by atoms with van der Waals surface area (Å²) in [6.07, 6.45) is 2.80. The zero-order valence-electron chi connectivity index (χ0n) is 14.9. The molecule has 4 nitrogen and oxygen atoms in total. The van der Waals surface area contributed by atoms with E-state index in [9.17, 15) is 0 Å². The zero-order chi connectivity index (χ0) is 18.8. The second kappa shape index (κ2) is 7.71. The lowest BCUT2D eigenvalue weighted by atomic mass is 10.0. The minimum Gasteiger partial charge on any atom is -0.459 e. The van der Waals surface area contributed by atoms with Crippen molar-refractivity contribution in [3.05, 3.63) is 77.3 Å². The summed E-state index contributed by atoms with van der Waals surface area (Å²) >= 11 is 11.6. The van der Waals surface area contributed by atoms with E-state index >= 15 is 0 Å². The Labute approximate surface area is 169 Å². The van der Waals surface area contributed by atoms with Gasteiger partial charge < -0.3 is 14.6 Å². The third-order valence-corrected chi connectivity index (χ3v) is 5.31. The molecule has 0 radical (unpaired) electrons. The summed E-state index contributed by atoms with van der Waals surface area (Å²) < 4.78 is 6.26. The second-order valence-corrected chi connectivity index (χ2v) is 7.35. The lowest BCUT2D eigenvalue weighted by Crippen LogP contribution is -2.30. The highest BCUT2D eigenvalue weighted by Gasteiger charge is 2.41. The van der Waals surface area contributed by atoms with Gasteiger partial charge in [0.2, 0.25) is 0 Å². The Bertz CT molecular complexity index is 926. The smallest absolute Gasteiger partial charge is 0.170 e. The summed E-state index contributed by atoms with van der Waals surface area (Å²) in [5, 5.41) is 4.87. The summed E-state index contributed by atoms with van der Waals surface area (Å²) in [4.78, 5) is 6.73. The molecule has 0 bridgehead atoms. The maximum Gasteiger partial charge on any atom is 0.170 e. The van der Waals surface area contributed by atoms with Gasteiger partial charge in [-0.05, 0) is 67.2 Å². The van der Waals surface area contributed by atoms with E-state index in [0.717, 1.165) is 40.9 Å². The molecule has 1 aromatic carbocycles.